The number of aromatic nitrogens is 1. The van der Waals surface area contributed by atoms with Crippen LogP contribution in [0.15, 0.2) is 36.5 Å². The summed E-state index contributed by atoms with van der Waals surface area (Å²) in [5.74, 6) is -1.22. The molecule has 128 valence electrons. The van der Waals surface area contributed by atoms with Crippen LogP contribution in [0.2, 0.25) is 0 Å². The maximum atomic E-state index is 13.3. The molecule has 1 aromatic heterocycles. The molecular weight excluding hydrogens is 309 g/mol. The molecule has 1 atom stereocenters. The molecule has 6 heteroatoms. The van der Waals surface area contributed by atoms with Crippen molar-refractivity contribution in [2.45, 2.75) is 13.0 Å². The van der Waals surface area contributed by atoms with Gasteiger partial charge in [-0.25, -0.2) is 4.39 Å². The normalized spacial score (nSPS) is 17.9. The topological polar surface area (TPSA) is 59.6 Å². The van der Waals surface area contributed by atoms with Gasteiger partial charge in [-0.2, -0.15) is 0 Å². The van der Waals surface area contributed by atoms with Crippen LogP contribution >= 0.6 is 0 Å². The smallest absolute Gasteiger partial charge is 0.325 e. The van der Waals surface area contributed by atoms with Crippen molar-refractivity contribution in [2.75, 3.05) is 32.7 Å². The third-order valence-corrected chi connectivity index (χ3v) is 4.47. The number of carbonyl (C=O) groups is 1. The first-order chi connectivity index (χ1) is 11.5. The lowest BCUT2D eigenvalue weighted by Crippen LogP contribution is -2.49. The van der Waals surface area contributed by atoms with Gasteiger partial charge in [0.2, 0.25) is 0 Å². The maximum absolute atomic E-state index is 13.3. The number of rotatable bonds is 5. The minimum atomic E-state index is -0.881. The molecule has 0 saturated carbocycles. The predicted octanol–water partition coefficient (Wildman–Crippen LogP) is 2.63. The summed E-state index contributed by atoms with van der Waals surface area (Å²) >= 11 is 0. The quantitative estimate of drug-likeness (QED) is 0.827. The third kappa shape index (κ3) is 3.34. The van der Waals surface area contributed by atoms with Crippen LogP contribution in [0.1, 0.15) is 18.5 Å². The van der Waals surface area contributed by atoms with Gasteiger partial charge in [-0.1, -0.05) is 12.2 Å². The molecule has 1 aliphatic heterocycles. The van der Waals surface area contributed by atoms with Crippen molar-refractivity contribution in [3.63, 3.8) is 0 Å². The molecule has 24 heavy (non-hydrogen) atoms. The maximum Gasteiger partial charge on any atom is 0.325 e. The molecule has 1 aromatic carbocycles. The molecule has 0 amide bonds. The van der Waals surface area contributed by atoms with Gasteiger partial charge >= 0.3 is 5.97 Å². The molecule has 3 rings (SSSR count). The van der Waals surface area contributed by atoms with Gasteiger partial charge in [-0.15, -0.1) is 0 Å². The van der Waals surface area contributed by atoms with E-state index < -0.39 is 12.0 Å². The molecule has 2 heterocycles. The highest BCUT2D eigenvalue weighted by molar-refractivity contribution is 5.89. The fourth-order valence-electron chi connectivity index (χ4n) is 3.39. The Bertz CT molecular complexity index is 763. The van der Waals surface area contributed by atoms with Crippen LogP contribution in [-0.2, 0) is 4.79 Å². The number of carboxylic acid groups (broad SMARTS) is 1. The number of H-pyrrole nitrogens is 1. The summed E-state index contributed by atoms with van der Waals surface area (Å²) in [5.41, 5.74) is 2.42. The van der Waals surface area contributed by atoms with Gasteiger partial charge < -0.3 is 10.1 Å². The molecule has 1 fully saturated rings. The van der Waals surface area contributed by atoms with Crippen LogP contribution in [0.4, 0.5) is 4.39 Å². The van der Waals surface area contributed by atoms with E-state index in [-0.39, 0.29) is 5.82 Å². The first kappa shape index (κ1) is 16.7. The molecule has 0 spiro atoms. The Morgan fingerprint density at radius 1 is 1.38 bits per heavy atom. The average Bonchev–Trinajstić information content (AvgIpc) is 2.91. The standard InChI is InChI=1S/C18H22FN3O2/c1-12(2)11-21-5-7-22(8-6-21)17(18(23)24)15-10-20-16-9-13(19)3-4-14(15)16/h3-4,9-10,17,20H,1,5-8,11H2,2H3,(H,23,24). The number of fused-ring (bicyclic) bond motifs is 1. The van der Waals surface area contributed by atoms with Gasteiger partial charge in [-0.3, -0.25) is 14.6 Å². The minimum absolute atomic E-state index is 0.337. The Labute approximate surface area is 140 Å². The molecule has 1 saturated heterocycles. The van der Waals surface area contributed by atoms with E-state index in [9.17, 15) is 14.3 Å². The lowest BCUT2D eigenvalue weighted by atomic mass is 10.0. The third-order valence-electron chi connectivity index (χ3n) is 4.47. The fraction of sp³-hybridized carbons (Fsp3) is 0.389. The minimum Gasteiger partial charge on any atom is -0.480 e. The van der Waals surface area contributed by atoms with E-state index in [0.717, 1.165) is 30.6 Å². The molecular formula is C18H22FN3O2. The highest BCUT2D eigenvalue weighted by Gasteiger charge is 2.32. The number of carboxylic acids is 1. The fourth-order valence-corrected chi connectivity index (χ4v) is 3.39. The Balaban J connectivity index is 1.83. The van der Waals surface area contributed by atoms with Gasteiger partial charge in [0.25, 0.3) is 0 Å². The highest BCUT2D eigenvalue weighted by Crippen LogP contribution is 2.30. The molecule has 1 aliphatic rings. The van der Waals surface area contributed by atoms with Crippen LogP contribution in [0.25, 0.3) is 10.9 Å². The molecule has 5 nitrogen and oxygen atoms in total. The van der Waals surface area contributed by atoms with Crippen LogP contribution in [0.3, 0.4) is 0 Å². The summed E-state index contributed by atoms with van der Waals surface area (Å²) in [4.78, 5) is 19.2. The molecule has 0 aliphatic carbocycles. The number of halogens is 1. The second-order valence-corrected chi connectivity index (χ2v) is 6.44. The largest absolute Gasteiger partial charge is 0.480 e. The number of nitrogens with zero attached hydrogens (tertiary/aromatic N) is 2. The van der Waals surface area contributed by atoms with E-state index >= 15 is 0 Å². The summed E-state index contributed by atoms with van der Waals surface area (Å²) in [7, 11) is 0. The second-order valence-electron chi connectivity index (χ2n) is 6.44. The van der Waals surface area contributed by atoms with E-state index in [2.05, 4.69) is 16.5 Å². The van der Waals surface area contributed by atoms with Crippen molar-refractivity contribution in [2.24, 2.45) is 0 Å². The highest BCUT2D eigenvalue weighted by atomic mass is 19.1. The number of aliphatic carboxylic acids is 1. The number of benzene rings is 1. The monoisotopic (exact) mass is 331 g/mol. The van der Waals surface area contributed by atoms with Crippen molar-refractivity contribution in [3.05, 3.63) is 47.9 Å². The van der Waals surface area contributed by atoms with Crippen molar-refractivity contribution < 1.29 is 14.3 Å². The summed E-state index contributed by atoms with van der Waals surface area (Å²) in [6.07, 6.45) is 1.68. The van der Waals surface area contributed by atoms with E-state index in [1.807, 2.05) is 11.8 Å². The molecule has 2 aromatic rings. The number of hydrogen-bond acceptors (Lipinski definition) is 3. The number of piperazine rings is 1. The average molecular weight is 331 g/mol. The van der Waals surface area contributed by atoms with Gasteiger partial charge in [0.1, 0.15) is 11.9 Å². The summed E-state index contributed by atoms with van der Waals surface area (Å²) < 4.78 is 13.3. The van der Waals surface area contributed by atoms with Crippen LogP contribution in [0, 0.1) is 5.82 Å². The zero-order valence-electron chi connectivity index (χ0n) is 13.8. The number of nitrogens with one attached hydrogen (secondary N) is 1. The second kappa shape index (κ2) is 6.75. The van der Waals surface area contributed by atoms with E-state index in [4.69, 9.17) is 0 Å². The predicted molar refractivity (Wildman–Crippen MR) is 91.5 cm³/mol. The van der Waals surface area contributed by atoms with Crippen molar-refractivity contribution in [3.8, 4) is 0 Å². The van der Waals surface area contributed by atoms with Crippen LogP contribution in [0.5, 0.6) is 0 Å². The molecule has 2 N–H and O–H groups in total. The summed E-state index contributed by atoms with van der Waals surface area (Å²) in [6, 6.07) is 3.67. The zero-order valence-corrected chi connectivity index (χ0v) is 13.8. The number of hydrogen-bond donors (Lipinski definition) is 2. The lowest BCUT2D eigenvalue weighted by molar-refractivity contribution is -0.144. The van der Waals surface area contributed by atoms with Crippen molar-refractivity contribution in [1.29, 1.82) is 0 Å². The van der Waals surface area contributed by atoms with Crippen LogP contribution in [-0.4, -0.2) is 58.6 Å². The Morgan fingerprint density at radius 2 is 2.08 bits per heavy atom. The van der Waals surface area contributed by atoms with Crippen LogP contribution < -0.4 is 0 Å². The summed E-state index contributed by atoms with van der Waals surface area (Å²) in [5, 5.41) is 10.5. The lowest BCUT2D eigenvalue weighted by Gasteiger charge is -2.37. The van der Waals surface area contributed by atoms with Gasteiger partial charge in [0, 0.05) is 55.4 Å². The van der Waals surface area contributed by atoms with Gasteiger partial charge in [0.15, 0.2) is 0 Å². The van der Waals surface area contributed by atoms with Gasteiger partial charge in [-0.05, 0) is 25.1 Å². The summed E-state index contributed by atoms with van der Waals surface area (Å²) in [6.45, 7) is 9.76. The molecule has 1 unspecified atom stereocenters. The van der Waals surface area contributed by atoms with E-state index in [1.54, 1.807) is 12.3 Å². The molecule has 0 bridgehead atoms. The molecule has 0 radical (unpaired) electrons. The van der Waals surface area contributed by atoms with E-state index in [1.165, 1.54) is 12.1 Å². The zero-order chi connectivity index (χ0) is 17.3. The van der Waals surface area contributed by atoms with Crippen molar-refractivity contribution in [1.82, 2.24) is 14.8 Å². The Morgan fingerprint density at radius 3 is 2.71 bits per heavy atom. The van der Waals surface area contributed by atoms with E-state index in [0.29, 0.717) is 24.2 Å². The first-order valence-corrected chi connectivity index (χ1v) is 8.06. The van der Waals surface area contributed by atoms with Crippen molar-refractivity contribution >= 4 is 16.9 Å². The first-order valence-electron chi connectivity index (χ1n) is 8.06. The van der Waals surface area contributed by atoms with Gasteiger partial charge in [0.05, 0.1) is 0 Å². The SMILES string of the molecule is C=C(C)CN1CCN(C(C(=O)O)c2c[nH]c3cc(F)ccc23)CC1. The Hall–Kier alpha value is -2.18. The number of aromatic amines is 1. The Kier molecular flexibility index (Phi) is 4.69.